The molecule has 1 aliphatic rings. The quantitative estimate of drug-likeness (QED) is 0.723. The molecule has 3 amide bonds. The number of imide groups is 1. The van der Waals surface area contributed by atoms with Crippen LogP contribution < -0.4 is 10.9 Å². The Hall–Kier alpha value is -3.16. The number of rotatable bonds is 3. The number of carbonyl (C=O) groups is 3. The third-order valence-electron chi connectivity index (χ3n) is 3.91. The SMILES string of the molecule is CC(C)(C)N1C(=O)c2ccc(C(=O)NCc3cc(=O)[nH][nH]3)cc2C1=O. The lowest BCUT2D eigenvalue weighted by molar-refractivity contribution is 0.0507. The second-order valence-corrected chi connectivity index (χ2v) is 6.84. The van der Waals surface area contributed by atoms with Gasteiger partial charge < -0.3 is 10.4 Å². The fraction of sp³-hybridized carbons (Fsp3) is 0.294. The van der Waals surface area contributed by atoms with Crippen LogP contribution in [0, 0.1) is 0 Å². The van der Waals surface area contributed by atoms with Crippen molar-refractivity contribution in [2.75, 3.05) is 0 Å². The zero-order valence-electron chi connectivity index (χ0n) is 14.1. The van der Waals surface area contributed by atoms with Gasteiger partial charge in [0, 0.05) is 17.2 Å². The van der Waals surface area contributed by atoms with Gasteiger partial charge in [0.1, 0.15) is 0 Å². The van der Waals surface area contributed by atoms with Crippen LogP contribution in [0.4, 0.5) is 0 Å². The molecule has 1 aliphatic heterocycles. The van der Waals surface area contributed by atoms with Gasteiger partial charge in [0.05, 0.1) is 23.4 Å². The minimum absolute atomic E-state index is 0.135. The van der Waals surface area contributed by atoms with Crippen molar-refractivity contribution in [3.8, 4) is 0 Å². The van der Waals surface area contributed by atoms with Crippen LogP contribution in [0.3, 0.4) is 0 Å². The third-order valence-corrected chi connectivity index (χ3v) is 3.91. The highest BCUT2D eigenvalue weighted by molar-refractivity contribution is 6.22. The van der Waals surface area contributed by atoms with E-state index >= 15 is 0 Å². The second-order valence-electron chi connectivity index (χ2n) is 6.84. The highest BCUT2D eigenvalue weighted by Gasteiger charge is 2.42. The van der Waals surface area contributed by atoms with E-state index in [2.05, 4.69) is 15.5 Å². The first-order valence-electron chi connectivity index (χ1n) is 7.76. The Morgan fingerprint density at radius 1 is 1.04 bits per heavy atom. The molecular weight excluding hydrogens is 324 g/mol. The Bertz CT molecular complexity index is 933. The average Bonchev–Trinajstić information content (AvgIpc) is 3.06. The molecule has 0 spiro atoms. The number of benzene rings is 1. The maximum atomic E-state index is 12.5. The molecule has 3 rings (SSSR count). The molecule has 3 N–H and O–H groups in total. The molecule has 8 nitrogen and oxygen atoms in total. The third kappa shape index (κ3) is 2.98. The van der Waals surface area contributed by atoms with Crippen LogP contribution in [0.25, 0.3) is 0 Å². The van der Waals surface area contributed by atoms with Crippen LogP contribution in [-0.4, -0.2) is 38.4 Å². The predicted octanol–water partition coefficient (Wildman–Crippen LogP) is 1.03. The number of H-pyrrole nitrogens is 2. The normalized spacial score (nSPS) is 14.0. The number of aromatic nitrogens is 2. The lowest BCUT2D eigenvalue weighted by Crippen LogP contribution is -2.45. The largest absolute Gasteiger partial charge is 0.346 e. The van der Waals surface area contributed by atoms with Gasteiger partial charge in [-0.2, -0.15) is 0 Å². The van der Waals surface area contributed by atoms with Gasteiger partial charge in [-0.1, -0.05) is 0 Å². The zero-order chi connectivity index (χ0) is 18.4. The molecular formula is C17H18N4O4. The number of hydrogen-bond acceptors (Lipinski definition) is 4. The van der Waals surface area contributed by atoms with Crippen molar-refractivity contribution in [2.45, 2.75) is 32.9 Å². The van der Waals surface area contributed by atoms with E-state index in [-0.39, 0.29) is 29.1 Å². The molecule has 0 bridgehead atoms. The van der Waals surface area contributed by atoms with Crippen LogP contribution in [0.2, 0.25) is 0 Å². The van der Waals surface area contributed by atoms with Crippen molar-refractivity contribution < 1.29 is 14.4 Å². The van der Waals surface area contributed by atoms with E-state index < -0.39 is 17.4 Å². The summed E-state index contributed by atoms with van der Waals surface area (Å²) in [4.78, 5) is 49.5. The van der Waals surface area contributed by atoms with Crippen molar-refractivity contribution in [3.05, 3.63) is 57.0 Å². The summed E-state index contributed by atoms with van der Waals surface area (Å²) < 4.78 is 0. The molecule has 1 aromatic heterocycles. The first kappa shape index (κ1) is 16.7. The molecule has 0 aliphatic carbocycles. The van der Waals surface area contributed by atoms with Crippen LogP contribution >= 0.6 is 0 Å². The first-order chi connectivity index (χ1) is 11.7. The van der Waals surface area contributed by atoms with Gasteiger partial charge >= 0.3 is 0 Å². The van der Waals surface area contributed by atoms with E-state index in [0.29, 0.717) is 11.3 Å². The van der Waals surface area contributed by atoms with Crippen LogP contribution in [0.15, 0.2) is 29.1 Å². The molecule has 1 aromatic carbocycles. The van der Waals surface area contributed by atoms with E-state index in [9.17, 15) is 19.2 Å². The average molecular weight is 342 g/mol. The summed E-state index contributed by atoms with van der Waals surface area (Å²) >= 11 is 0. The summed E-state index contributed by atoms with van der Waals surface area (Å²) in [5, 5.41) is 7.66. The molecule has 0 atom stereocenters. The molecule has 130 valence electrons. The smallest absolute Gasteiger partial charge is 0.264 e. The van der Waals surface area contributed by atoms with E-state index in [4.69, 9.17) is 0 Å². The molecule has 0 unspecified atom stereocenters. The molecule has 2 heterocycles. The van der Waals surface area contributed by atoms with Crippen molar-refractivity contribution in [1.82, 2.24) is 20.4 Å². The summed E-state index contributed by atoms with van der Waals surface area (Å²) in [5.74, 6) is -1.17. The van der Waals surface area contributed by atoms with E-state index in [1.165, 1.54) is 29.2 Å². The number of nitrogens with zero attached hydrogens (tertiary/aromatic N) is 1. The summed E-state index contributed by atoms with van der Waals surface area (Å²) in [6, 6.07) is 5.77. The van der Waals surface area contributed by atoms with Gasteiger partial charge in [-0.3, -0.25) is 29.2 Å². The van der Waals surface area contributed by atoms with Gasteiger partial charge in [0.15, 0.2) is 0 Å². The van der Waals surface area contributed by atoms with E-state index in [0.717, 1.165) is 0 Å². The molecule has 25 heavy (non-hydrogen) atoms. The maximum absolute atomic E-state index is 12.5. The Balaban J connectivity index is 1.82. The lowest BCUT2D eigenvalue weighted by atomic mass is 10.1. The second kappa shape index (κ2) is 5.73. The highest BCUT2D eigenvalue weighted by atomic mass is 16.2. The monoisotopic (exact) mass is 342 g/mol. The highest BCUT2D eigenvalue weighted by Crippen LogP contribution is 2.29. The summed E-state index contributed by atoms with van der Waals surface area (Å²) in [6.45, 7) is 5.47. The Labute approximate surface area is 143 Å². The van der Waals surface area contributed by atoms with Gasteiger partial charge in [0.2, 0.25) is 0 Å². The van der Waals surface area contributed by atoms with E-state index in [1.54, 1.807) is 20.8 Å². The number of aromatic amines is 2. The fourth-order valence-corrected chi connectivity index (χ4v) is 2.74. The molecule has 2 aromatic rings. The fourth-order valence-electron chi connectivity index (χ4n) is 2.74. The molecule has 0 saturated carbocycles. The van der Waals surface area contributed by atoms with Crippen molar-refractivity contribution in [3.63, 3.8) is 0 Å². The number of fused-ring (bicyclic) bond motifs is 1. The summed E-state index contributed by atoms with van der Waals surface area (Å²) in [7, 11) is 0. The summed E-state index contributed by atoms with van der Waals surface area (Å²) in [6.07, 6.45) is 0. The van der Waals surface area contributed by atoms with Crippen LogP contribution in [0.5, 0.6) is 0 Å². The van der Waals surface area contributed by atoms with Crippen molar-refractivity contribution in [1.29, 1.82) is 0 Å². The van der Waals surface area contributed by atoms with Crippen LogP contribution in [0.1, 0.15) is 57.5 Å². The van der Waals surface area contributed by atoms with Gasteiger partial charge in [-0.05, 0) is 39.0 Å². The summed E-state index contributed by atoms with van der Waals surface area (Å²) in [5.41, 5.74) is 0.399. The number of nitrogens with one attached hydrogen (secondary N) is 3. The molecule has 0 fully saturated rings. The van der Waals surface area contributed by atoms with E-state index in [1.807, 2.05) is 0 Å². The Morgan fingerprint density at radius 2 is 1.72 bits per heavy atom. The topological polar surface area (TPSA) is 115 Å². The molecule has 8 heteroatoms. The minimum atomic E-state index is -0.643. The Morgan fingerprint density at radius 3 is 2.32 bits per heavy atom. The number of carbonyl (C=O) groups excluding carboxylic acids is 3. The number of hydrogen-bond donors (Lipinski definition) is 3. The van der Waals surface area contributed by atoms with Crippen molar-refractivity contribution >= 4 is 17.7 Å². The Kier molecular flexibility index (Phi) is 3.82. The predicted molar refractivity (Wildman–Crippen MR) is 89.3 cm³/mol. The van der Waals surface area contributed by atoms with Gasteiger partial charge in [0.25, 0.3) is 23.3 Å². The first-order valence-corrected chi connectivity index (χ1v) is 7.76. The lowest BCUT2D eigenvalue weighted by Gasteiger charge is -2.29. The standard InChI is InChI=1S/C17H18N4O4/c1-17(2,3)21-15(24)11-5-4-9(6-12(11)16(21)25)14(23)18-8-10-7-13(22)20-19-10/h4-7H,8H2,1-3H3,(H,18,23)(H2,19,20,22). The maximum Gasteiger partial charge on any atom is 0.264 e. The van der Waals surface area contributed by atoms with Crippen molar-refractivity contribution in [2.24, 2.45) is 0 Å². The number of amides is 3. The zero-order valence-corrected chi connectivity index (χ0v) is 14.1. The molecule has 0 radical (unpaired) electrons. The van der Waals surface area contributed by atoms with Gasteiger partial charge in [-0.15, -0.1) is 0 Å². The van der Waals surface area contributed by atoms with Gasteiger partial charge in [-0.25, -0.2) is 0 Å². The molecule has 0 saturated heterocycles. The van der Waals surface area contributed by atoms with Crippen LogP contribution in [-0.2, 0) is 6.54 Å². The minimum Gasteiger partial charge on any atom is -0.346 e.